The number of hydrogen-bond donors (Lipinski definition) is 1. The number of carbonyl (C=O) groups excluding carboxylic acids is 1. The third kappa shape index (κ3) is 2.61. The molecule has 0 bridgehead atoms. The van der Waals surface area contributed by atoms with Gasteiger partial charge in [-0.2, -0.15) is 15.1 Å². The van der Waals surface area contributed by atoms with Gasteiger partial charge in [0.1, 0.15) is 0 Å². The van der Waals surface area contributed by atoms with Crippen molar-refractivity contribution in [3.63, 3.8) is 0 Å². The molecule has 0 atom stereocenters. The molecule has 1 aromatic heterocycles. The molecule has 130 valence electrons. The first kappa shape index (κ1) is 16.5. The van der Waals surface area contributed by atoms with E-state index in [9.17, 15) is 4.79 Å². The van der Waals surface area contributed by atoms with Gasteiger partial charge in [0, 0.05) is 17.1 Å². The number of fused-ring (bicyclic) bond motifs is 1. The van der Waals surface area contributed by atoms with Gasteiger partial charge in [-0.1, -0.05) is 17.7 Å². The Balaban J connectivity index is 1.78. The molecule has 0 saturated carbocycles. The Morgan fingerprint density at radius 1 is 1.15 bits per heavy atom. The van der Waals surface area contributed by atoms with Crippen LogP contribution in [-0.4, -0.2) is 32.0 Å². The molecule has 2 aliphatic rings. The van der Waals surface area contributed by atoms with Gasteiger partial charge in [0.2, 0.25) is 0 Å². The molecule has 0 radical (unpaired) electrons. The van der Waals surface area contributed by atoms with Crippen molar-refractivity contribution in [1.29, 1.82) is 5.41 Å². The summed E-state index contributed by atoms with van der Waals surface area (Å²) in [5.41, 5.74) is 7.06. The van der Waals surface area contributed by atoms with Crippen LogP contribution in [0.3, 0.4) is 0 Å². The second-order valence-corrected chi connectivity index (χ2v) is 7.07. The van der Waals surface area contributed by atoms with E-state index >= 15 is 0 Å². The van der Waals surface area contributed by atoms with Crippen molar-refractivity contribution in [3.05, 3.63) is 58.4 Å². The molecule has 1 aromatic carbocycles. The second-order valence-electron chi connectivity index (χ2n) is 6.25. The molecule has 7 heteroatoms. The number of aryl methyl sites for hydroxylation is 2. The van der Waals surface area contributed by atoms with E-state index in [4.69, 9.17) is 5.41 Å². The molecule has 1 N–H and O–H groups in total. The minimum Gasteiger partial charge on any atom is -0.318 e. The van der Waals surface area contributed by atoms with Crippen molar-refractivity contribution in [2.24, 2.45) is 10.1 Å². The van der Waals surface area contributed by atoms with Gasteiger partial charge in [-0.25, -0.2) is 0 Å². The first-order chi connectivity index (χ1) is 12.5. The van der Waals surface area contributed by atoms with Crippen LogP contribution in [0.5, 0.6) is 0 Å². The summed E-state index contributed by atoms with van der Waals surface area (Å²) in [5, 5.41) is 14.2. The lowest BCUT2D eigenvalue weighted by Gasteiger charge is -2.20. The predicted octanol–water partition coefficient (Wildman–Crippen LogP) is 3.65. The number of benzene rings is 1. The Kier molecular flexibility index (Phi) is 3.88. The molecule has 2 aromatic rings. The lowest BCUT2D eigenvalue weighted by molar-refractivity contribution is -0.114. The minimum absolute atomic E-state index is 0.0568. The fourth-order valence-corrected chi connectivity index (χ4v) is 3.73. The van der Waals surface area contributed by atoms with Gasteiger partial charge in [0.05, 0.1) is 11.1 Å². The topological polar surface area (TPSA) is 73.8 Å². The Morgan fingerprint density at radius 3 is 2.62 bits per heavy atom. The monoisotopic (exact) mass is 363 g/mol. The number of hydrogen-bond acceptors (Lipinski definition) is 4. The van der Waals surface area contributed by atoms with E-state index in [1.807, 2.05) is 19.9 Å². The number of thioether (sulfide) groups is 1. The smallest absolute Gasteiger partial charge is 0.283 e. The summed E-state index contributed by atoms with van der Waals surface area (Å²) in [4.78, 5) is 16.4. The highest BCUT2D eigenvalue weighted by Gasteiger charge is 2.32. The molecule has 0 saturated heterocycles. The molecule has 4 rings (SSSR count). The van der Waals surface area contributed by atoms with Crippen LogP contribution < -0.4 is 0 Å². The zero-order chi connectivity index (χ0) is 18.4. The van der Waals surface area contributed by atoms with E-state index in [0.29, 0.717) is 5.17 Å². The number of rotatable bonds is 2. The number of amidine groups is 2. The highest BCUT2D eigenvalue weighted by Crippen LogP contribution is 2.27. The maximum absolute atomic E-state index is 12.4. The van der Waals surface area contributed by atoms with Gasteiger partial charge in [0.25, 0.3) is 5.91 Å². The fourth-order valence-electron chi connectivity index (χ4n) is 3.12. The molecule has 26 heavy (non-hydrogen) atoms. The first-order valence-corrected chi connectivity index (χ1v) is 9.02. The van der Waals surface area contributed by atoms with Crippen LogP contribution in [0, 0.1) is 26.2 Å². The maximum atomic E-state index is 12.4. The Bertz CT molecular complexity index is 1030. The van der Waals surface area contributed by atoms with Gasteiger partial charge in [-0.05, 0) is 62.4 Å². The molecule has 6 nitrogen and oxygen atoms in total. The molecule has 1 amide bonds. The number of carbonyl (C=O) groups is 1. The summed E-state index contributed by atoms with van der Waals surface area (Å²) in [6, 6.07) is 10.3. The average Bonchev–Trinajstić information content (AvgIpc) is 3.17. The summed E-state index contributed by atoms with van der Waals surface area (Å²) < 4.78 is 2.14. The molecule has 3 heterocycles. The van der Waals surface area contributed by atoms with Crippen molar-refractivity contribution in [2.75, 3.05) is 0 Å². The molecule has 0 fully saturated rings. The Morgan fingerprint density at radius 2 is 1.88 bits per heavy atom. The molecular weight excluding hydrogens is 346 g/mol. The standard InChI is InChI=1S/C19H17N5OS/c1-11-4-6-15(7-5-11)23-12(2)8-14(13(23)3)9-16-17(20)24-19(22-18(16)25)26-10-21-24/h4-10,20H,1-3H3/b16-9+,20-17?. The number of aromatic nitrogens is 1. The SMILES string of the molecule is Cc1ccc(-n2c(C)cc(/C=C3\C(=N)N4N=CSC4=NC3=O)c2C)cc1. The third-order valence-electron chi connectivity index (χ3n) is 4.46. The second kappa shape index (κ2) is 6.10. The quantitative estimate of drug-likeness (QED) is 0.828. The highest BCUT2D eigenvalue weighted by atomic mass is 32.2. The Hall–Kier alpha value is -2.93. The first-order valence-electron chi connectivity index (χ1n) is 8.14. The van der Waals surface area contributed by atoms with Gasteiger partial charge < -0.3 is 4.57 Å². The van der Waals surface area contributed by atoms with Crippen molar-refractivity contribution >= 4 is 40.3 Å². The lowest BCUT2D eigenvalue weighted by Crippen LogP contribution is -2.35. The van der Waals surface area contributed by atoms with Gasteiger partial charge >= 0.3 is 0 Å². The molecule has 0 aliphatic carbocycles. The summed E-state index contributed by atoms with van der Waals surface area (Å²) in [6.45, 7) is 6.10. The van der Waals surface area contributed by atoms with Gasteiger partial charge in [0.15, 0.2) is 11.0 Å². The van der Waals surface area contributed by atoms with Crippen LogP contribution in [0.15, 0.2) is 46.0 Å². The van der Waals surface area contributed by atoms with E-state index < -0.39 is 5.91 Å². The van der Waals surface area contributed by atoms with E-state index in [-0.39, 0.29) is 11.4 Å². The van der Waals surface area contributed by atoms with Crippen LogP contribution in [-0.2, 0) is 4.79 Å². The number of nitrogens with zero attached hydrogens (tertiary/aromatic N) is 4. The van der Waals surface area contributed by atoms with Crippen molar-refractivity contribution < 1.29 is 4.79 Å². The summed E-state index contributed by atoms with van der Waals surface area (Å²) in [6.07, 6.45) is 1.73. The summed E-state index contributed by atoms with van der Waals surface area (Å²) in [5.74, 6) is -0.347. The molecule has 0 spiro atoms. The zero-order valence-corrected chi connectivity index (χ0v) is 15.5. The van der Waals surface area contributed by atoms with Crippen molar-refractivity contribution in [1.82, 2.24) is 9.58 Å². The number of nitrogens with one attached hydrogen (secondary N) is 1. The van der Waals surface area contributed by atoms with Crippen LogP contribution in [0.1, 0.15) is 22.5 Å². The van der Waals surface area contributed by atoms with Gasteiger partial charge in [-0.3, -0.25) is 10.2 Å². The number of amides is 1. The number of hydrazone groups is 1. The maximum Gasteiger partial charge on any atom is 0.283 e. The lowest BCUT2D eigenvalue weighted by atomic mass is 10.1. The number of aliphatic imine (C=N–C) groups is 1. The van der Waals surface area contributed by atoms with Crippen LogP contribution >= 0.6 is 11.8 Å². The predicted molar refractivity (Wildman–Crippen MR) is 106 cm³/mol. The van der Waals surface area contributed by atoms with E-state index in [0.717, 1.165) is 22.6 Å². The van der Waals surface area contributed by atoms with Crippen molar-refractivity contribution in [3.8, 4) is 5.69 Å². The molecule has 0 unspecified atom stereocenters. The summed E-state index contributed by atoms with van der Waals surface area (Å²) in [7, 11) is 0. The van der Waals surface area contributed by atoms with Crippen molar-refractivity contribution in [2.45, 2.75) is 20.8 Å². The average molecular weight is 363 g/mol. The van der Waals surface area contributed by atoms with Crippen LogP contribution in [0.25, 0.3) is 11.8 Å². The normalized spacial score (nSPS) is 17.9. The fraction of sp³-hybridized carbons (Fsp3) is 0.158. The highest BCUT2D eigenvalue weighted by molar-refractivity contribution is 8.25. The van der Waals surface area contributed by atoms with Crippen LogP contribution in [0.2, 0.25) is 0 Å². The van der Waals surface area contributed by atoms with Gasteiger partial charge in [-0.15, -0.1) is 0 Å². The largest absolute Gasteiger partial charge is 0.318 e. The third-order valence-corrected chi connectivity index (χ3v) is 5.13. The minimum atomic E-state index is -0.403. The van der Waals surface area contributed by atoms with E-state index in [2.05, 4.69) is 45.9 Å². The Labute approximate surface area is 155 Å². The summed E-state index contributed by atoms with van der Waals surface area (Å²) >= 11 is 1.24. The van der Waals surface area contributed by atoms with E-state index in [1.54, 1.807) is 11.6 Å². The molecular formula is C19H17N5OS. The van der Waals surface area contributed by atoms with E-state index in [1.165, 1.54) is 22.3 Å². The zero-order valence-electron chi connectivity index (χ0n) is 14.6. The van der Waals surface area contributed by atoms with Crippen LogP contribution in [0.4, 0.5) is 0 Å². The molecule has 2 aliphatic heterocycles.